The molecule has 10 rings (SSSR count). The van der Waals surface area contributed by atoms with Crippen molar-refractivity contribution >= 4 is 77.3 Å². The van der Waals surface area contributed by atoms with Gasteiger partial charge in [-0.3, -0.25) is 9.97 Å². The van der Waals surface area contributed by atoms with Gasteiger partial charge in [-0.1, -0.05) is 48.5 Å². The molecule has 4 heterocycles. The highest BCUT2D eigenvalue weighted by molar-refractivity contribution is 6.29. The van der Waals surface area contributed by atoms with Crippen LogP contribution in [-0.4, -0.2) is 39.9 Å². The highest BCUT2D eigenvalue weighted by Gasteiger charge is 2.19. The van der Waals surface area contributed by atoms with Crippen LogP contribution in [0.15, 0.2) is 122 Å². The van der Waals surface area contributed by atoms with Crippen molar-refractivity contribution in [3.05, 3.63) is 132 Å². The van der Waals surface area contributed by atoms with Crippen molar-refractivity contribution < 1.29 is 0 Å². The number of nitrogens with zero attached hydrogens (tertiary/aromatic N) is 8. The van der Waals surface area contributed by atoms with E-state index in [1.54, 1.807) is 12.4 Å². The van der Waals surface area contributed by atoms with Gasteiger partial charge in [0.2, 0.25) is 10.6 Å². The Morgan fingerprint density at radius 2 is 0.820 bits per heavy atom. The minimum Gasteiger partial charge on any atom is -0.256 e. The van der Waals surface area contributed by atoms with Gasteiger partial charge in [0.05, 0.1) is 11.0 Å². The number of pyridine rings is 2. The standard InChI is InChI=1S/C40H20Cl2N8/c41-39-47-35(25-9-15-31-23(19-25)3-1-17-43-31)45-37(49-39)29-13-7-21-6-12-28-30(14-8-22-5-11-27(29)33(21)34(22)28)38-46-36(48-40(42)50-38)26-10-16-32-24(20-26)4-2-18-44-32/h1-20H. The zero-order valence-electron chi connectivity index (χ0n) is 25.9. The molecule has 0 N–H and O–H groups in total. The van der Waals surface area contributed by atoms with Gasteiger partial charge in [0.25, 0.3) is 0 Å². The maximum absolute atomic E-state index is 6.55. The molecule has 0 aliphatic carbocycles. The third kappa shape index (κ3) is 4.69. The van der Waals surface area contributed by atoms with Gasteiger partial charge in [0.1, 0.15) is 0 Å². The first kappa shape index (κ1) is 28.8. The lowest BCUT2D eigenvalue weighted by Crippen LogP contribution is -1.99. The molecule has 0 aliphatic heterocycles. The predicted molar refractivity (Wildman–Crippen MR) is 199 cm³/mol. The number of fused-ring (bicyclic) bond motifs is 2. The Labute approximate surface area is 293 Å². The highest BCUT2D eigenvalue weighted by atomic mass is 35.5. The number of hydrogen-bond donors (Lipinski definition) is 0. The third-order valence-electron chi connectivity index (χ3n) is 9.09. The molecule has 0 spiro atoms. The van der Waals surface area contributed by atoms with Crippen LogP contribution >= 0.6 is 23.2 Å². The van der Waals surface area contributed by atoms with Crippen molar-refractivity contribution in [2.75, 3.05) is 0 Å². The maximum atomic E-state index is 6.55. The van der Waals surface area contributed by atoms with E-state index < -0.39 is 0 Å². The average Bonchev–Trinajstić information content (AvgIpc) is 3.16. The van der Waals surface area contributed by atoms with E-state index in [0.717, 1.165) is 76.4 Å². The summed E-state index contributed by atoms with van der Waals surface area (Å²) in [7, 11) is 0. The summed E-state index contributed by atoms with van der Waals surface area (Å²) >= 11 is 13.1. The molecule has 234 valence electrons. The summed E-state index contributed by atoms with van der Waals surface area (Å²) in [6.07, 6.45) is 3.55. The van der Waals surface area contributed by atoms with Gasteiger partial charge in [0.15, 0.2) is 23.3 Å². The molecule has 0 radical (unpaired) electrons. The van der Waals surface area contributed by atoms with Crippen LogP contribution in [0.25, 0.3) is 99.7 Å². The molecular weight excluding hydrogens is 663 g/mol. The summed E-state index contributed by atoms with van der Waals surface area (Å²) < 4.78 is 0. The van der Waals surface area contributed by atoms with E-state index in [-0.39, 0.29) is 10.6 Å². The molecule has 0 aliphatic rings. The number of hydrogen-bond acceptors (Lipinski definition) is 8. The molecule has 4 aromatic heterocycles. The van der Waals surface area contributed by atoms with Crippen molar-refractivity contribution in [1.82, 2.24) is 39.9 Å². The van der Waals surface area contributed by atoms with E-state index in [2.05, 4.69) is 66.3 Å². The van der Waals surface area contributed by atoms with E-state index >= 15 is 0 Å². The van der Waals surface area contributed by atoms with Crippen molar-refractivity contribution in [1.29, 1.82) is 0 Å². The zero-order chi connectivity index (χ0) is 33.3. The molecule has 0 fully saturated rings. The first-order valence-corrected chi connectivity index (χ1v) is 16.6. The molecule has 0 atom stereocenters. The summed E-state index contributed by atoms with van der Waals surface area (Å²) in [6, 6.07) is 36.4. The second-order valence-corrected chi connectivity index (χ2v) is 12.6. The molecule has 0 saturated carbocycles. The van der Waals surface area contributed by atoms with Crippen LogP contribution < -0.4 is 0 Å². The van der Waals surface area contributed by atoms with Crippen LogP contribution in [0, 0.1) is 0 Å². The quantitative estimate of drug-likeness (QED) is 0.169. The number of rotatable bonds is 4. The Morgan fingerprint density at radius 3 is 1.30 bits per heavy atom. The molecule has 6 aromatic carbocycles. The van der Waals surface area contributed by atoms with Crippen LogP contribution in [0.2, 0.25) is 10.6 Å². The summed E-state index contributed by atoms with van der Waals surface area (Å²) in [5, 5.41) is 8.53. The number of benzene rings is 6. The van der Waals surface area contributed by atoms with Gasteiger partial charge in [0, 0.05) is 45.4 Å². The Hall–Kier alpha value is -6.22. The fourth-order valence-electron chi connectivity index (χ4n) is 6.82. The molecular formula is C40H20Cl2N8. The Bertz CT molecular complexity index is 2780. The average molecular weight is 684 g/mol. The van der Waals surface area contributed by atoms with E-state index in [1.807, 2.05) is 72.8 Å². The van der Waals surface area contributed by atoms with Crippen molar-refractivity contribution in [3.63, 3.8) is 0 Å². The molecule has 50 heavy (non-hydrogen) atoms. The monoisotopic (exact) mass is 682 g/mol. The summed E-state index contributed by atoms with van der Waals surface area (Å²) in [5.41, 5.74) is 5.14. The lowest BCUT2D eigenvalue weighted by atomic mass is 9.89. The first-order valence-electron chi connectivity index (χ1n) is 15.8. The van der Waals surface area contributed by atoms with Crippen LogP contribution in [0.3, 0.4) is 0 Å². The van der Waals surface area contributed by atoms with Crippen LogP contribution in [0.1, 0.15) is 0 Å². The largest absolute Gasteiger partial charge is 0.256 e. The second-order valence-electron chi connectivity index (χ2n) is 12.0. The molecule has 10 heteroatoms. The van der Waals surface area contributed by atoms with Gasteiger partial charge in [-0.2, -0.15) is 19.9 Å². The van der Waals surface area contributed by atoms with Gasteiger partial charge in [-0.15, -0.1) is 0 Å². The van der Waals surface area contributed by atoms with Gasteiger partial charge < -0.3 is 0 Å². The molecule has 8 nitrogen and oxygen atoms in total. The lowest BCUT2D eigenvalue weighted by molar-refractivity contribution is 1.07. The summed E-state index contributed by atoms with van der Waals surface area (Å²) in [6.45, 7) is 0. The Morgan fingerprint density at radius 1 is 0.380 bits per heavy atom. The smallest absolute Gasteiger partial charge is 0.226 e. The zero-order valence-corrected chi connectivity index (χ0v) is 27.4. The second kappa shape index (κ2) is 11.2. The van der Waals surface area contributed by atoms with Gasteiger partial charge >= 0.3 is 0 Å². The Balaban J connectivity index is 1.14. The van der Waals surface area contributed by atoms with Crippen LogP contribution in [0.4, 0.5) is 0 Å². The molecule has 0 saturated heterocycles. The topological polar surface area (TPSA) is 103 Å². The van der Waals surface area contributed by atoms with Gasteiger partial charge in [-0.25, -0.2) is 9.97 Å². The minimum atomic E-state index is 0.120. The fourth-order valence-corrected chi connectivity index (χ4v) is 7.14. The van der Waals surface area contributed by atoms with Crippen LogP contribution in [-0.2, 0) is 0 Å². The van der Waals surface area contributed by atoms with E-state index in [1.165, 1.54) is 0 Å². The van der Waals surface area contributed by atoms with E-state index in [9.17, 15) is 0 Å². The van der Waals surface area contributed by atoms with E-state index in [0.29, 0.717) is 23.3 Å². The van der Waals surface area contributed by atoms with Crippen molar-refractivity contribution in [2.24, 2.45) is 0 Å². The summed E-state index contributed by atoms with van der Waals surface area (Å²) in [4.78, 5) is 36.9. The van der Waals surface area contributed by atoms with E-state index in [4.69, 9.17) is 33.2 Å². The van der Waals surface area contributed by atoms with Crippen LogP contribution in [0.5, 0.6) is 0 Å². The highest BCUT2D eigenvalue weighted by Crippen LogP contribution is 2.42. The molecule has 10 aromatic rings. The SMILES string of the molecule is Clc1nc(-c2ccc3ncccc3c2)nc(-c2ccc3ccc4c(-c5nc(Cl)nc(-c6ccc7ncccc7c6)n5)ccc5ccc2c3c54)n1. The fraction of sp³-hybridized carbons (Fsp3) is 0. The molecule has 0 unspecified atom stereocenters. The summed E-state index contributed by atoms with van der Waals surface area (Å²) in [5.74, 6) is 1.96. The van der Waals surface area contributed by atoms with Crippen molar-refractivity contribution in [3.8, 4) is 45.6 Å². The lowest BCUT2D eigenvalue weighted by Gasteiger charge is -2.16. The Kier molecular flexibility index (Phi) is 6.42. The normalized spacial score (nSPS) is 11.8. The number of halogens is 2. The maximum Gasteiger partial charge on any atom is 0.226 e. The predicted octanol–water partition coefficient (Wildman–Crippen LogP) is 10.0. The first-order chi connectivity index (χ1) is 24.6. The minimum absolute atomic E-state index is 0.120. The molecule has 0 bridgehead atoms. The molecule has 0 amide bonds. The van der Waals surface area contributed by atoms with Gasteiger partial charge in [-0.05, 0) is 116 Å². The number of aromatic nitrogens is 8. The third-order valence-corrected chi connectivity index (χ3v) is 9.42. The van der Waals surface area contributed by atoms with Crippen molar-refractivity contribution in [2.45, 2.75) is 0 Å².